The molecule has 1 fully saturated rings. The average molecular weight is 303 g/mol. The van der Waals surface area contributed by atoms with Crippen molar-refractivity contribution in [2.45, 2.75) is 38.0 Å². The normalized spacial score (nSPS) is 22.9. The van der Waals surface area contributed by atoms with Gasteiger partial charge in [0.25, 0.3) is 5.69 Å². The Morgan fingerprint density at radius 2 is 2.14 bits per heavy atom. The highest BCUT2D eigenvalue weighted by molar-refractivity contribution is 5.63. The second kappa shape index (κ2) is 5.88. The lowest BCUT2D eigenvalue weighted by Crippen LogP contribution is -2.41. The van der Waals surface area contributed by atoms with E-state index in [0.29, 0.717) is 6.07 Å². The van der Waals surface area contributed by atoms with E-state index in [-0.39, 0.29) is 17.8 Å². The minimum Gasteiger partial charge on any atom is -0.377 e. The fraction of sp³-hybridized carbons (Fsp3) is 0.538. The van der Waals surface area contributed by atoms with Crippen molar-refractivity contribution in [2.24, 2.45) is 0 Å². The summed E-state index contributed by atoms with van der Waals surface area (Å²) in [6.45, 7) is 2.77. The Bertz CT molecular complexity index is 534. The summed E-state index contributed by atoms with van der Waals surface area (Å²) in [6.07, 6.45) is -3.06. The molecule has 0 saturated carbocycles. The number of hydrogen-bond acceptors (Lipinski definition) is 4. The van der Waals surface area contributed by atoms with Crippen LogP contribution in [0.2, 0.25) is 0 Å². The summed E-state index contributed by atoms with van der Waals surface area (Å²) in [5.74, 6) is 0. The standard InChI is InChI=1S/C13H16F3N3O2/c1-8-6-10(4-5-17-8)18-11-3-2-9(13(14,15)16)7-12(11)19(20)21/h2-3,7-8,10,17-18H,4-6H2,1H3. The molecule has 1 aliphatic heterocycles. The zero-order valence-electron chi connectivity index (χ0n) is 11.4. The molecule has 8 heteroatoms. The molecule has 116 valence electrons. The molecule has 21 heavy (non-hydrogen) atoms. The second-order valence-corrected chi connectivity index (χ2v) is 5.21. The fourth-order valence-electron chi connectivity index (χ4n) is 2.46. The van der Waals surface area contributed by atoms with Gasteiger partial charge in [0.15, 0.2) is 0 Å². The molecular formula is C13H16F3N3O2. The Kier molecular flexibility index (Phi) is 4.36. The zero-order chi connectivity index (χ0) is 15.6. The van der Waals surface area contributed by atoms with Gasteiger partial charge in [-0.3, -0.25) is 10.1 Å². The first-order chi connectivity index (χ1) is 9.77. The number of nitrogens with one attached hydrogen (secondary N) is 2. The van der Waals surface area contributed by atoms with Gasteiger partial charge in [0.05, 0.1) is 10.5 Å². The summed E-state index contributed by atoms with van der Waals surface area (Å²) >= 11 is 0. The molecule has 1 aromatic carbocycles. The Morgan fingerprint density at radius 1 is 1.43 bits per heavy atom. The number of alkyl halides is 3. The second-order valence-electron chi connectivity index (χ2n) is 5.21. The highest BCUT2D eigenvalue weighted by Crippen LogP contribution is 2.35. The van der Waals surface area contributed by atoms with Gasteiger partial charge in [-0.05, 0) is 38.4 Å². The molecule has 1 aromatic rings. The summed E-state index contributed by atoms with van der Waals surface area (Å²) in [5, 5.41) is 17.2. The zero-order valence-corrected chi connectivity index (χ0v) is 11.4. The van der Waals surface area contributed by atoms with Crippen LogP contribution in [0.5, 0.6) is 0 Å². The van der Waals surface area contributed by atoms with Crippen molar-refractivity contribution in [3.63, 3.8) is 0 Å². The van der Waals surface area contributed by atoms with Crippen LogP contribution in [0.1, 0.15) is 25.3 Å². The maximum Gasteiger partial charge on any atom is 0.416 e. The molecule has 2 unspecified atom stereocenters. The molecule has 0 spiro atoms. The van der Waals surface area contributed by atoms with Crippen LogP contribution in [0, 0.1) is 10.1 Å². The number of benzene rings is 1. The number of piperidine rings is 1. The maximum atomic E-state index is 12.6. The number of nitro benzene ring substituents is 1. The molecule has 0 bridgehead atoms. The monoisotopic (exact) mass is 303 g/mol. The quantitative estimate of drug-likeness (QED) is 0.665. The highest BCUT2D eigenvalue weighted by atomic mass is 19.4. The summed E-state index contributed by atoms with van der Waals surface area (Å²) in [5.41, 5.74) is -1.43. The summed E-state index contributed by atoms with van der Waals surface area (Å²) in [6, 6.07) is 2.85. The molecule has 1 saturated heterocycles. The van der Waals surface area contributed by atoms with Crippen LogP contribution >= 0.6 is 0 Å². The molecule has 0 radical (unpaired) electrons. The topological polar surface area (TPSA) is 67.2 Å². The van der Waals surface area contributed by atoms with Gasteiger partial charge >= 0.3 is 6.18 Å². The SMILES string of the molecule is CC1CC(Nc2ccc(C(F)(F)F)cc2[N+](=O)[O-])CCN1. The van der Waals surface area contributed by atoms with E-state index >= 15 is 0 Å². The molecule has 1 heterocycles. The van der Waals surface area contributed by atoms with E-state index in [2.05, 4.69) is 10.6 Å². The predicted octanol–water partition coefficient (Wildman–Crippen LogP) is 3.17. The van der Waals surface area contributed by atoms with Gasteiger partial charge < -0.3 is 10.6 Å². The molecule has 0 aliphatic carbocycles. The van der Waals surface area contributed by atoms with Crippen LogP contribution in [0.3, 0.4) is 0 Å². The van der Waals surface area contributed by atoms with Gasteiger partial charge in [0.2, 0.25) is 0 Å². The van der Waals surface area contributed by atoms with Crippen LogP contribution in [0.4, 0.5) is 24.5 Å². The summed E-state index contributed by atoms with van der Waals surface area (Å²) in [7, 11) is 0. The van der Waals surface area contributed by atoms with Crippen molar-refractivity contribution < 1.29 is 18.1 Å². The minimum atomic E-state index is -4.59. The van der Waals surface area contributed by atoms with E-state index in [4.69, 9.17) is 0 Å². The van der Waals surface area contributed by atoms with E-state index < -0.39 is 22.4 Å². The third-order valence-corrected chi connectivity index (χ3v) is 3.51. The van der Waals surface area contributed by atoms with Crippen LogP contribution in [-0.2, 0) is 6.18 Å². The van der Waals surface area contributed by atoms with Crippen LogP contribution in [0.15, 0.2) is 18.2 Å². The predicted molar refractivity (Wildman–Crippen MR) is 72.2 cm³/mol. The molecule has 2 rings (SSSR count). The van der Waals surface area contributed by atoms with E-state index in [1.54, 1.807) is 0 Å². The van der Waals surface area contributed by atoms with E-state index in [0.717, 1.165) is 31.5 Å². The number of halogens is 3. The van der Waals surface area contributed by atoms with E-state index in [1.807, 2.05) is 6.92 Å². The third kappa shape index (κ3) is 3.84. The summed E-state index contributed by atoms with van der Waals surface area (Å²) in [4.78, 5) is 10.2. The first kappa shape index (κ1) is 15.6. The van der Waals surface area contributed by atoms with Crippen LogP contribution in [0.25, 0.3) is 0 Å². The third-order valence-electron chi connectivity index (χ3n) is 3.51. The van der Waals surface area contributed by atoms with Gasteiger partial charge in [-0.15, -0.1) is 0 Å². The average Bonchev–Trinajstić information content (AvgIpc) is 2.37. The minimum absolute atomic E-state index is 0.0108. The fourth-order valence-corrected chi connectivity index (χ4v) is 2.46. The Balaban J connectivity index is 2.24. The molecular weight excluding hydrogens is 287 g/mol. The van der Waals surface area contributed by atoms with Crippen molar-refractivity contribution in [2.75, 3.05) is 11.9 Å². The lowest BCUT2D eigenvalue weighted by Gasteiger charge is -2.29. The lowest BCUT2D eigenvalue weighted by atomic mass is 10.00. The number of rotatable bonds is 3. The van der Waals surface area contributed by atoms with Crippen molar-refractivity contribution in [1.82, 2.24) is 5.32 Å². The van der Waals surface area contributed by atoms with Crippen LogP contribution < -0.4 is 10.6 Å². The Hall–Kier alpha value is -1.83. The number of nitrogens with zero attached hydrogens (tertiary/aromatic N) is 1. The smallest absolute Gasteiger partial charge is 0.377 e. The van der Waals surface area contributed by atoms with E-state index in [1.165, 1.54) is 0 Å². The molecule has 5 nitrogen and oxygen atoms in total. The number of nitro groups is 1. The Morgan fingerprint density at radius 3 is 2.71 bits per heavy atom. The van der Waals surface area contributed by atoms with Crippen LogP contribution in [-0.4, -0.2) is 23.6 Å². The van der Waals surface area contributed by atoms with Gasteiger partial charge in [0.1, 0.15) is 5.69 Å². The summed E-state index contributed by atoms with van der Waals surface area (Å²) < 4.78 is 37.9. The van der Waals surface area contributed by atoms with Crippen molar-refractivity contribution >= 4 is 11.4 Å². The molecule has 2 N–H and O–H groups in total. The van der Waals surface area contributed by atoms with Gasteiger partial charge in [-0.2, -0.15) is 13.2 Å². The molecule has 0 aromatic heterocycles. The molecule has 2 atom stereocenters. The van der Waals surface area contributed by atoms with E-state index in [9.17, 15) is 23.3 Å². The molecule has 0 amide bonds. The first-order valence-electron chi connectivity index (χ1n) is 6.63. The van der Waals surface area contributed by atoms with Crippen molar-refractivity contribution in [3.05, 3.63) is 33.9 Å². The lowest BCUT2D eigenvalue weighted by molar-refractivity contribution is -0.384. The maximum absolute atomic E-state index is 12.6. The number of hydrogen-bond donors (Lipinski definition) is 2. The van der Waals surface area contributed by atoms with Gasteiger partial charge in [0, 0.05) is 18.2 Å². The number of anilines is 1. The van der Waals surface area contributed by atoms with Crippen molar-refractivity contribution in [3.8, 4) is 0 Å². The molecule has 1 aliphatic rings. The van der Waals surface area contributed by atoms with Crippen molar-refractivity contribution in [1.29, 1.82) is 0 Å². The largest absolute Gasteiger partial charge is 0.416 e. The van der Waals surface area contributed by atoms with Gasteiger partial charge in [-0.25, -0.2) is 0 Å². The first-order valence-corrected chi connectivity index (χ1v) is 6.63. The highest BCUT2D eigenvalue weighted by Gasteiger charge is 2.33. The van der Waals surface area contributed by atoms with Gasteiger partial charge in [-0.1, -0.05) is 0 Å². The Labute approximate surface area is 119 Å².